The van der Waals surface area contributed by atoms with Gasteiger partial charge in [-0.3, -0.25) is 19.7 Å². The highest BCUT2D eigenvalue weighted by molar-refractivity contribution is 6.31. The third-order valence-electron chi connectivity index (χ3n) is 4.35. The molecule has 1 aromatic carbocycles. The molecule has 2 aromatic rings. The van der Waals surface area contributed by atoms with Gasteiger partial charge in [-0.25, -0.2) is 9.78 Å². The number of aromatic nitrogens is 2. The molecule has 4 rings (SSSR count). The molecule has 0 bridgehead atoms. The zero-order chi connectivity index (χ0) is 17.2. The maximum Gasteiger partial charge on any atom is 0.322 e. The first-order valence-electron chi connectivity index (χ1n) is 7.01. The van der Waals surface area contributed by atoms with Crippen LogP contribution >= 0.6 is 11.6 Å². The molecule has 24 heavy (non-hydrogen) atoms. The van der Waals surface area contributed by atoms with E-state index < -0.39 is 34.6 Å². The number of nitrogens with two attached hydrogens (primary N) is 1. The Hall–Kier alpha value is -2.94. The predicted octanol–water partition coefficient (Wildman–Crippen LogP) is -0.413. The molecule has 4 amide bonds. The first kappa shape index (κ1) is 14.6. The van der Waals surface area contributed by atoms with Crippen molar-refractivity contribution in [1.29, 1.82) is 0 Å². The average Bonchev–Trinajstić information content (AvgIpc) is 2.79. The van der Waals surface area contributed by atoms with E-state index in [0.717, 1.165) is 0 Å². The zero-order valence-corrected chi connectivity index (χ0v) is 12.8. The fraction of sp³-hybridized carbons (Fsp3) is 0.214. The number of urea groups is 1. The van der Waals surface area contributed by atoms with Crippen LogP contribution in [0.15, 0.2) is 16.9 Å². The minimum Gasteiger partial charge on any atom is -0.364 e. The van der Waals surface area contributed by atoms with Crippen LogP contribution in [0.1, 0.15) is 22.5 Å². The Morgan fingerprint density at radius 1 is 1.33 bits per heavy atom. The fourth-order valence-electron chi connectivity index (χ4n) is 3.32. The second-order valence-electron chi connectivity index (χ2n) is 5.67. The lowest BCUT2D eigenvalue weighted by Gasteiger charge is -2.33. The standard InChI is InChI=1S/C14H10ClN5O4/c15-5-3-6-9-7(4-5)17-8(10(16)21)11(22)20(9)2-1-14(6)12(23)18-13(24)19-14/h3-4H,1-2H2,(H2,16,21)(H2,18,19,23,24). The van der Waals surface area contributed by atoms with Gasteiger partial charge in [0.05, 0.1) is 11.0 Å². The quantitative estimate of drug-likeness (QED) is 0.602. The lowest BCUT2D eigenvalue weighted by molar-refractivity contribution is -0.124. The Bertz CT molecular complexity index is 1030. The summed E-state index contributed by atoms with van der Waals surface area (Å²) in [5, 5.41) is 5.06. The predicted molar refractivity (Wildman–Crippen MR) is 82.5 cm³/mol. The van der Waals surface area contributed by atoms with Crippen molar-refractivity contribution >= 4 is 40.5 Å². The van der Waals surface area contributed by atoms with Crippen molar-refractivity contribution in [3.05, 3.63) is 38.8 Å². The van der Waals surface area contributed by atoms with E-state index in [-0.39, 0.29) is 23.5 Å². The molecule has 1 saturated heterocycles. The molecule has 2 aliphatic rings. The summed E-state index contributed by atoms with van der Waals surface area (Å²) in [5.41, 5.74) is 3.81. The molecular weight excluding hydrogens is 338 g/mol. The summed E-state index contributed by atoms with van der Waals surface area (Å²) in [6.07, 6.45) is 0.134. The largest absolute Gasteiger partial charge is 0.364 e. The molecule has 4 N–H and O–H groups in total. The molecule has 10 heteroatoms. The Kier molecular flexibility index (Phi) is 2.77. The van der Waals surface area contributed by atoms with E-state index >= 15 is 0 Å². The van der Waals surface area contributed by atoms with E-state index in [1.807, 2.05) is 0 Å². The summed E-state index contributed by atoms with van der Waals surface area (Å²) in [4.78, 5) is 51.9. The number of rotatable bonds is 1. The van der Waals surface area contributed by atoms with Gasteiger partial charge in [0.1, 0.15) is 5.54 Å². The summed E-state index contributed by atoms with van der Waals surface area (Å²) in [7, 11) is 0. The molecule has 0 radical (unpaired) electrons. The van der Waals surface area contributed by atoms with Crippen LogP contribution in [0.2, 0.25) is 5.02 Å². The highest BCUT2D eigenvalue weighted by Gasteiger charge is 2.50. The van der Waals surface area contributed by atoms with Crippen LogP contribution in [-0.4, -0.2) is 27.4 Å². The molecule has 9 nitrogen and oxygen atoms in total. The van der Waals surface area contributed by atoms with Gasteiger partial charge in [0.25, 0.3) is 17.4 Å². The number of amides is 4. The highest BCUT2D eigenvalue weighted by Crippen LogP contribution is 2.38. The summed E-state index contributed by atoms with van der Waals surface area (Å²) in [6.45, 7) is 0.112. The molecule has 1 atom stereocenters. The second kappa shape index (κ2) is 4.54. The topological polar surface area (TPSA) is 136 Å². The summed E-state index contributed by atoms with van der Waals surface area (Å²) < 4.78 is 1.33. The second-order valence-corrected chi connectivity index (χ2v) is 6.10. The minimum atomic E-state index is -1.32. The van der Waals surface area contributed by atoms with E-state index in [0.29, 0.717) is 11.1 Å². The summed E-state index contributed by atoms with van der Waals surface area (Å²) in [5.74, 6) is -1.46. The van der Waals surface area contributed by atoms with Crippen molar-refractivity contribution in [1.82, 2.24) is 20.2 Å². The van der Waals surface area contributed by atoms with Crippen molar-refractivity contribution < 1.29 is 14.4 Å². The van der Waals surface area contributed by atoms with E-state index in [9.17, 15) is 19.2 Å². The first-order chi connectivity index (χ1) is 11.3. The average molecular weight is 348 g/mol. The Morgan fingerprint density at radius 3 is 2.71 bits per heavy atom. The number of aryl methyl sites for hydroxylation is 1. The number of halogens is 1. The number of hydrogen-bond donors (Lipinski definition) is 3. The lowest BCUT2D eigenvalue weighted by atomic mass is 9.83. The van der Waals surface area contributed by atoms with Crippen LogP contribution in [0.4, 0.5) is 4.79 Å². The van der Waals surface area contributed by atoms with Crippen LogP contribution < -0.4 is 21.9 Å². The molecule has 0 saturated carbocycles. The lowest BCUT2D eigenvalue weighted by Crippen LogP contribution is -2.49. The normalized spacial score (nSPS) is 21.9. The summed E-state index contributed by atoms with van der Waals surface area (Å²) >= 11 is 6.11. The number of carbonyl (C=O) groups excluding carboxylic acids is 3. The third-order valence-corrected chi connectivity index (χ3v) is 4.57. The highest BCUT2D eigenvalue weighted by atomic mass is 35.5. The maximum atomic E-state index is 12.5. The number of fused-ring (bicyclic) bond motifs is 1. The molecule has 3 heterocycles. The van der Waals surface area contributed by atoms with E-state index in [1.165, 1.54) is 16.7 Å². The first-order valence-corrected chi connectivity index (χ1v) is 7.39. The van der Waals surface area contributed by atoms with Crippen molar-refractivity contribution in [2.75, 3.05) is 0 Å². The monoisotopic (exact) mass is 347 g/mol. The molecule has 1 aromatic heterocycles. The molecule has 1 unspecified atom stereocenters. The number of carbonyl (C=O) groups is 3. The van der Waals surface area contributed by atoms with Crippen molar-refractivity contribution in [3.8, 4) is 0 Å². The van der Waals surface area contributed by atoms with Gasteiger partial charge in [-0.1, -0.05) is 11.6 Å². The fourth-order valence-corrected chi connectivity index (χ4v) is 3.53. The van der Waals surface area contributed by atoms with E-state index in [4.69, 9.17) is 17.3 Å². The SMILES string of the molecule is NC(=O)c1nc2cc(Cl)cc3c2n(c1=O)CCC31NC(=O)NC1=O. The van der Waals surface area contributed by atoms with Gasteiger partial charge in [-0.15, -0.1) is 0 Å². The van der Waals surface area contributed by atoms with Gasteiger partial charge >= 0.3 is 6.03 Å². The van der Waals surface area contributed by atoms with Crippen molar-refractivity contribution in [2.45, 2.75) is 18.5 Å². The van der Waals surface area contributed by atoms with E-state index in [1.54, 1.807) is 0 Å². The minimum absolute atomic E-state index is 0.112. The van der Waals surface area contributed by atoms with Gasteiger partial charge in [-0.2, -0.15) is 0 Å². The molecular formula is C14H10ClN5O4. The van der Waals surface area contributed by atoms with Gasteiger partial charge in [0, 0.05) is 23.6 Å². The van der Waals surface area contributed by atoms with Crippen LogP contribution in [0.5, 0.6) is 0 Å². The van der Waals surface area contributed by atoms with Crippen LogP contribution in [0.25, 0.3) is 11.0 Å². The number of primary amides is 1. The number of nitrogens with one attached hydrogen (secondary N) is 2. The van der Waals surface area contributed by atoms with Crippen LogP contribution in [0.3, 0.4) is 0 Å². The maximum absolute atomic E-state index is 12.5. The van der Waals surface area contributed by atoms with Crippen LogP contribution in [0, 0.1) is 0 Å². The molecule has 0 aliphatic carbocycles. The van der Waals surface area contributed by atoms with Gasteiger partial charge in [-0.05, 0) is 12.1 Å². The van der Waals surface area contributed by atoms with Crippen molar-refractivity contribution in [3.63, 3.8) is 0 Å². The number of hydrogen-bond acceptors (Lipinski definition) is 5. The molecule has 1 spiro atoms. The van der Waals surface area contributed by atoms with Gasteiger partial charge in [0.15, 0.2) is 5.69 Å². The molecule has 122 valence electrons. The number of nitrogens with zero attached hydrogens (tertiary/aromatic N) is 2. The number of benzene rings is 1. The zero-order valence-electron chi connectivity index (χ0n) is 12.1. The van der Waals surface area contributed by atoms with Crippen LogP contribution in [-0.2, 0) is 16.9 Å². The Labute approximate surface area is 138 Å². The van der Waals surface area contributed by atoms with E-state index in [2.05, 4.69) is 15.6 Å². The van der Waals surface area contributed by atoms with Crippen molar-refractivity contribution in [2.24, 2.45) is 5.73 Å². The Balaban J connectivity index is 2.14. The molecule has 2 aliphatic heterocycles. The van der Waals surface area contributed by atoms with Gasteiger partial charge < -0.3 is 15.6 Å². The third kappa shape index (κ3) is 1.72. The van der Waals surface area contributed by atoms with Gasteiger partial charge in [0.2, 0.25) is 0 Å². The Morgan fingerprint density at radius 2 is 2.08 bits per heavy atom. The summed E-state index contributed by atoms with van der Waals surface area (Å²) in [6, 6.07) is 2.36. The molecule has 1 fully saturated rings. The smallest absolute Gasteiger partial charge is 0.322 e. The number of imide groups is 1.